The van der Waals surface area contributed by atoms with E-state index in [0.29, 0.717) is 18.9 Å². The monoisotopic (exact) mass is 255 g/mol. The van der Waals surface area contributed by atoms with Crippen molar-refractivity contribution in [2.75, 3.05) is 18.8 Å². The molecule has 1 rings (SSSR count). The third kappa shape index (κ3) is 3.28. The minimum absolute atomic E-state index is 0.155. The van der Waals surface area contributed by atoms with Crippen molar-refractivity contribution in [1.82, 2.24) is 9.29 Å². The number of hydrogen-bond acceptors (Lipinski definition) is 4. The molecule has 17 heavy (non-hydrogen) atoms. The van der Waals surface area contributed by atoms with Crippen molar-refractivity contribution in [2.45, 2.75) is 18.2 Å². The van der Waals surface area contributed by atoms with Gasteiger partial charge < -0.3 is 5.73 Å². The van der Waals surface area contributed by atoms with Crippen LogP contribution in [0.15, 0.2) is 35.9 Å². The molecule has 5 nitrogen and oxygen atoms in total. The normalized spacial score (nSPS) is 11.6. The molecule has 94 valence electrons. The maximum absolute atomic E-state index is 12.2. The largest absolute Gasteiger partial charge is 0.384 e. The van der Waals surface area contributed by atoms with Crippen LogP contribution in [0.25, 0.3) is 0 Å². The third-order valence-corrected chi connectivity index (χ3v) is 4.05. The molecule has 0 amide bonds. The molecule has 0 aromatic carbocycles. The molecular formula is C11H17N3O2S. The molecule has 0 radical (unpaired) electrons. The molecule has 0 saturated heterocycles. The first-order valence-electron chi connectivity index (χ1n) is 5.35. The lowest BCUT2D eigenvalue weighted by Crippen LogP contribution is -2.32. The van der Waals surface area contributed by atoms with Gasteiger partial charge in [0.1, 0.15) is 10.7 Å². The summed E-state index contributed by atoms with van der Waals surface area (Å²) in [7, 11) is -3.50. The number of anilines is 1. The Kier molecular flexibility index (Phi) is 4.65. The second kappa shape index (κ2) is 5.79. The van der Waals surface area contributed by atoms with Crippen LogP contribution in [0.1, 0.15) is 13.3 Å². The van der Waals surface area contributed by atoms with E-state index in [1.165, 1.54) is 22.6 Å². The maximum Gasteiger partial charge on any atom is 0.244 e. The summed E-state index contributed by atoms with van der Waals surface area (Å²) < 4.78 is 25.8. The Morgan fingerprint density at radius 3 is 2.71 bits per heavy atom. The zero-order chi connectivity index (χ0) is 12.9. The minimum atomic E-state index is -3.50. The lowest BCUT2D eigenvalue weighted by molar-refractivity contribution is 0.441. The number of pyridine rings is 1. The molecule has 6 heteroatoms. The first-order valence-corrected chi connectivity index (χ1v) is 6.79. The second-order valence-corrected chi connectivity index (χ2v) is 5.51. The molecule has 0 aliphatic carbocycles. The van der Waals surface area contributed by atoms with E-state index in [2.05, 4.69) is 11.6 Å². The van der Waals surface area contributed by atoms with Crippen molar-refractivity contribution in [2.24, 2.45) is 0 Å². The van der Waals surface area contributed by atoms with Gasteiger partial charge in [-0.1, -0.05) is 13.0 Å². The van der Waals surface area contributed by atoms with Gasteiger partial charge in [0, 0.05) is 19.3 Å². The van der Waals surface area contributed by atoms with Gasteiger partial charge in [0.05, 0.1) is 0 Å². The van der Waals surface area contributed by atoms with Crippen LogP contribution in [0.3, 0.4) is 0 Å². The molecule has 0 aliphatic rings. The van der Waals surface area contributed by atoms with Gasteiger partial charge in [0.15, 0.2) is 0 Å². The lowest BCUT2D eigenvalue weighted by atomic mass is 10.5. The summed E-state index contributed by atoms with van der Waals surface area (Å²) >= 11 is 0. The SMILES string of the molecule is C=CCN(CCC)S(=O)(=O)c1ccc(N)nc1. The van der Waals surface area contributed by atoms with Crippen molar-refractivity contribution in [1.29, 1.82) is 0 Å². The number of nitrogen functional groups attached to an aromatic ring is 1. The van der Waals surface area contributed by atoms with E-state index in [4.69, 9.17) is 5.73 Å². The van der Waals surface area contributed by atoms with Gasteiger partial charge in [0.2, 0.25) is 10.0 Å². The summed E-state index contributed by atoms with van der Waals surface area (Å²) in [5.74, 6) is 0.301. The molecule has 1 aromatic heterocycles. The standard InChI is InChI=1S/C11H17N3O2S/c1-3-7-14(8-4-2)17(15,16)10-5-6-11(12)13-9-10/h3,5-6,9H,1,4,7-8H2,2H3,(H2,12,13). The summed E-state index contributed by atoms with van der Waals surface area (Å²) in [5, 5.41) is 0. The second-order valence-electron chi connectivity index (χ2n) is 3.57. The smallest absolute Gasteiger partial charge is 0.244 e. The molecule has 0 fully saturated rings. The summed E-state index contributed by atoms with van der Waals surface area (Å²) in [6.07, 6.45) is 3.59. The van der Waals surface area contributed by atoms with Crippen molar-refractivity contribution in [3.63, 3.8) is 0 Å². The predicted octanol–water partition coefficient (Wildman–Crippen LogP) is 1.25. The van der Waals surface area contributed by atoms with Crippen LogP contribution in [-0.4, -0.2) is 30.8 Å². The van der Waals surface area contributed by atoms with Crippen LogP contribution in [0.2, 0.25) is 0 Å². The zero-order valence-corrected chi connectivity index (χ0v) is 10.7. The van der Waals surface area contributed by atoms with Crippen molar-refractivity contribution in [3.05, 3.63) is 31.0 Å². The van der Waals surface area contributed by atoms with E-state index >= 15 is 0 Å². The summed E-state index contributed by atoms with van der Waals surface area (Å²) in [6, 6.07) is 2.94. The van der Waals surface area contributed by atoms with Crippen molar-refractivity contribution in [3.8, 4) is 0 Å². The van der Waals surface area contributed by atoms with Gasteiger partial charge in [-0.15, -0.1) is 6.58 Å². The number of sulfonamides is 1. The van der Waals surface area contributed by atoms with E-state index in [1.807, 2.05) is 6.92 Å². The fraction of sp³-hybridized carbons (Fsp3) is 0.364. The van der Waals surface area contributed by atoms with Crippen LogP contribution in [0.4, 0.5) is 5.82 Å². The highest BCUT2D eigenvalue weighted by molar-refractivity contribution is 7.89. The average Bonchev–Trinajstić information content (AvgIpc) is 2.29. The Labute approximate surface area is 102 Å². The molecule has 1 heterocycles. The van der Waals surface area contributed by atoms with Gasteiger partial charge in [-0.25, -0.2) is 13.4 Å². The highest BCUT2D eigenvalue weighted by Crippen LogP contribution is 2.15. The molecule has 0 spiro atoms. The number of rotatable bonds is 6. The minimum Gasteiger partial charge on any atom is -0.384 e. The first-order chi connectivity index (χ1) is 8.02. The Morgan fingerprint density at radius 2 is 2.24 bits per heavy atom. The van der Waals surface area contributed by atoms with Gasteiger partial charge in [-0.2, -0.15) is 4.31 Å². The Balaban J connectivity index is 3.06. The van der Waals surface area contributed by atoms with E-state index in [-0.39, 0.29) is 4.90 Å². The highest BCUT2D eigenvalue weighted by atomic mass is 32.2. The first kappa shape index (κ1) is 13.7. The summed E-state index contributed by atoms with van der Waals surface area (Å²) in [4.78, 5) is 3.95. The Hall–Kier alpha value is -1.40. The number of aromatic nitrogens is 1. The quantitative estimate of drug-likeness (QED) is 0.776. The topological polar surface area (TPSA) is 76.3 Å². The molecular weight excluding hydrogens is 238 g/mol. The van der Waals surface area contributed by atoms with Gasteiger partial charge in [-0.05, 0) is 18.6 Å². The van der Waals surface area contributed by atoms with Crippen molar-refractivity contribution >= 4 is 15.8 Å². The Morgan fingerprint density at radius 1 is 1.53 bits per heavy atom. The molecule has 2 N–H and O–H groups in total. The predicted molar refractivity (Wildman–Crippen MR) is 67.9 cm³/mol. The number of nitrogens with two attached hydrogens (primary N) is 1. The van der Waals surface area contributed by atoms with Crippen LogP contribution in [0, 0.1) is 0 Å². The van der Waals surface area contributed by atoms with Crippen LogP contribution in [-0.2, 0) is 10.0 Å². The third-order valence-electron chi connectivity index (χ3n) is 2.20. The van der Waals surface area contributed by atoms with Crippen LogP contribution in [0.5, 0.6) is 0 Å². The fourth-order valence-electron chi connectivity index (χ4n) is 1.40. The zero-order valence-electron chi connectivity index (χ0n) is 9.83. The average molecular weight is 255 g/mol. The van der Waals surface area contributed by atoms with Gasteiger partial charge >= 0.3 is 0 Å². The molecule has 0 unspecified atom stereocenters. The number of hydrogen-bond donors (Lipinski definition) is 1. The summed E-state index contributed by atoms with van der Waals surface area (Å²) in [5.41, 5.74) is 5.43. The van der Waals surface area contributed by atoms with Gasteiger partial charge in [-0.3, -0.25) is 0 Å². The lowest BCUT2D eigenvalue weighted by Gasteiger charge is -2.19. The van der Waals surface area contributed by atoms with Crippen LogP contribution < -0.4 is 5.73 Å². The summed E-state index contributed by atoms with van der Waals surface area (Å²) in [6.45, 7) is 6.24. The van der Waals surface area contributed by atoms with Crippen molar-refractivity contribution < 1.29 is 8.42 Å². The molecule has 1 aromatic rings. The molecule has 0 atom stereocenters. The molecule has 0 bridgehead atoms. The highest BCUT2D eigenvalue weighted by Gasteiger charge is 2.22. The van der Waals surface area contributed by atoms with E-state index in [9.17, 15) is 8.42 Å². The Bertz CT molecular complexity index is 468. The van der Waals surface area contributed by atoms with Gasteiger partial charge in [0.25, 0.3) is 0 Å². The number of nitrogens with zero attached hydrogens (tertiary/aromatic N) is 2. The van der Waals surface area contributed by atoms with E-state index < -0.39 is 10.0 Å². The maximum atomic E-state index is 12.2. The molecule has 0 aliphatic heterocycles. The van der Waals surface area contributed by atoms with E-state index in [1.54, 1.807) is 6.08 Å². The van der Waals surface area contributed by atoms with E-state index in [0.717, 1.165) is 6.42 Å². The molecule has 0 saturated carbocycles. The van der Waals surface area contributed by atoms with Crippen LogP contribution >= 0.6 is 0 Å². The fourth-order valence-corrected chi connectivity index (χ4v) is 2.85.